The van der Waals surface area contributed by atoms with Gasteiger partial charge in [0.15, 0.2) is 17.6 Å². The van der Waals surface area contributed by atoms with Gasteiger partial charge in [-0.15, -0.1) is 0 Å². The third-order valence-electron chi connectivity index (χ3n) is 5.07. The quantitative estimate of drug-likeness (QED) is 0.525. The molecule has 1 heterocycles. The highest BCUT2D eigenvalue weighted by Crippen LogP contribution is 2.31. The van der Waals surface area contributed by atoms with Crippen molar-refractivity contribution in [1.29, 1.82) is 0 Å². The summed E-state index contributed by atoms with van der Waals surface area (Å²) in [6.07, 6.45) is 0.228. The lowest BCUT2D eigenvalue weighted by Crippen LogP contribution is -2.54. The van der Waals surface area contributed by atoms with Gasteiger partial charge >= 0.3 is 12.0 Å². The number of methoxy groups -OCH3 is 1. The largest absolute Gasteiger partial charge is 0.493 e. The van der Waals surface area contributed by atoms with Crippen molar-refractivity contribution in [2.24, 2.45) is 0 Å². The van der Waals surface area contributed by atoms with Crippen LogP contribution in [0.1, 0.15) is 23.6 Å². The first-order valence-electron chi connectivity index (χ1n) is 9.69. The molecule has 0 radical (unpaired) electrons. The number of ether oxygens (including phenoxy) is 2. The molecule has 1 atom stereocenters. The SMILES string of the molecule is COc1cc(C=C2C(=O)NC(=O)N(c3cccc(C)c3C)C2=O)ccc1OC(C)C(=O)O. The summed E-state index contributed by atoms with van der Waals surface area (Å²) in [6.45, 7) is 5.02. The number of aryl methyl sites for hydroxylation is 1. The van der Waals surface area contributed by atoms with Gasteiger partial charge in [0, 0.05) is 0 Å². The van der Waals surface area contributed by atoms with Crippen molar-refractivity contribution in [1.82, 2.24) is 5.32 Å². The van der Waals surface area contributed by atoms with Crippen LogP contribution < -0.4 is 19.7 Å². The second-order valence-corrected chi connectivity index (χ2v) is 7.19. The summed E-state index contributed by atoms with van der Waals surface area (Å²) in [7, 11) is 1.38. The van der Waals surface area contributed by atoms with E-state index in [0.717, 1.165) is 16.0 Å². The number of carboxylic acids is 1. The van der Waals surface area contributed by atoms with Gasteiger partial charge in [-0.05, 0) is 61.7 Å². The van der Waals surface area contributed by atoms with Crippen molar-refractivity contribution in [3.63, 3.8) is 0 Å². The molecule has 2 N–H and O–H groups in total. The van der Waals surface area contributed by atoms with Gasteiger partial charge in [0.05, 0.1) is 12.8 Å². The minimum Gasteiger partial charge on any atom is -0.493 e. The van der Waals surface area contributed by atoms with Gasteiger partial charge in [-0.2, -0.15) is 0 Å². The van der Waals surface area contributed by atoms with E-state index in [0.29, 0.717) is 11.3 Å². The van der Waals surface area contributed by atoms with Crippen LogP contribution in [0.15, 0.2) is 42.0 Å². The number of nitrogens with one attached hydrogen (secondary N) is 1. The molecule has 0 aliphatic carbocycles. The summed E-state index contributed by atoms with van der Waals surface area (Å²) < 4.78 is 10.6. The van der Waals surface area contributed by atoms with E-state index >= 15 is 0 Å². The molecule has 2 aromatic rings. The number of carbonyl (C=O) groups excluding carboxylic acids is 3. The lowest BCUT2D eigenvalue weighted by atomic mass is 10.0. The first-order valence-corrected chi connectivity index (χ1v) is 9.69. The number of carboxylic acid groups (broad SMARTS) is 1. The zero-order chi connectivity index (χ0) is 23.6. The van der Waals surface area contributed by atoms with Crippen LogP contribution in [-0.4, -0.2) is 42.1 Å². The highest BCUT2D eigenvalue weighted by molar-refractivity contribution is 6.39. The van der Waals surface area contributed by atoms with E-state index in [2.05, 4.69) is 5.32 Å². The molecule has 0 bridgehead atoms. The van der Waals surface area contributed by atoms with E-state index in [1.54, 1.807) is 25.1 Å². The number of hydrogen-bond acceptors (Lipinski definition) is 6. The Kier molecular flexibility index (Phi) is 6.29. The molecule has 4 amide bonds. The molecule has 3 rings (SSSR count). The highest BCUT2D eigenvalue weighted by atomic mass is 16.5. The summed E-state index contributed by atoms with van der Waals surface area (Å²) >= 11 is 0. The van der Waals surface area contributed by atoms with Crippen LogP contribution in [0.25, 0.3) is 6.08 Å². The summed E-state index contributed by atoms with van der Waals surface area (Å²) in [5.74, 6) is -2.31. The van der Waals surface area contributed by atoms with Crippen LogP contribution in [0.5, 0.6) is 11.5 Å². The van der Waals surface area contributed by atoms with Gasteiger partial charge in [0.25, 0.3) is 11.8 Å². The maximum Gasteiger partial charge on any atom is 0.344 e. The number of hydrogen-bond donors (Lipinski definition) is 2. The fourth-order valence-corrected chi connectivity index (χ4v) is 3.13. The fourth-order valence-electron chi connectivity index (χ4n) is 3.13. The maximum atomic E-state index is 13.1. The molecule has 2 aromatic carbocycles. The smallest absolute Gasteiger partial charge is 0.344 e. The zero-order valence-electron chi connectivity index (χ0n) is 18.0. The Bertz CT molecular complexity index is 1150. The number of barbiturate groups is 1. The van der Waals surface area contributed by atoms with Crippen LogP contribution >= 0.6 is 0 Å². The second-order valence-electron chi connectivity index (χ2n) is 7.19. The first-order chi connectivity index (χ1) is 15.1. The van der Waals surface area contributed by atoms with E-state index < -0.39 is 29.9 Å². The van der Waals surface area contributed by atoms with Crippen molar-refractivity contribution < 1.29 is 33.8 Å². The maximum absolute atomic E-state index is 13.1. The van der Waals surface area contributed by atoms with Crippen LogP contribution in [-0.2, 0) is 14.4 Å². The average molecular weight is 438 g/mol. The number of nitrogens with zero attached hydrogens (tertiary/aromatic N) is 1. The Labute approximate surface area is 184 Å². The number of anilines is 1. The molecule has 9 nitrogen and oxygen atoms in total. The second kappa shape index (κ2) is 8.93. The molecule has 9 heteroatoms. The number of carbonyl (C=O) groups is 4. The van der Waals surface area contributed by atoms with Crippen molar-refractivity contribution in [2.45, 2.75) is 26.9 Å². The predicted molar refractivity (Wildman–Crippen MR) is 116 cm³/mol. The standard InChI is InChI=1S/C23H22N2O7/c1-12-6-5-7-17(13(12)2)25-21(27)16(20(26)24-23(25)30)10-15-8-9-18(19(11-15)31-4)32-14(3)22(28)29/h5-11,14H,1-4H3,(H,28,29)(H,24,26,30). The average Bonchev–Trinajstić information content (AvgIpc) is 2.74. The fraction of sp³-hybridized carbons (Fsp3) is 0.217. The number of aliphatic carboxylic acids is 1. The Morgan fingerprint density at radius 1 is 1.12 bits per heavy atom. The number of rotatable bonds is 6. The number of imide groups is 2. The Morgan fingerprint density at radius 2 is 1.84 bits per heavy atom. The van der Waals surface area contributed by atoms with Crippen molar-refractivity contribution in [3.05, 3.63) is 58.7 Å². The lowest BCUT2D eigenvalue weighted by molar-refractivity contribution is -0.144. The molecule has 0 aromatic heterocycles. The topological polar surface area (TPSA) is 122 Å². The van der Waals surface area contributed by atoms with Gasteiger partial charge in [-0.3, -0.25) is 14.9 Å². The molecule has 0 spiro atoms. The molecule has 1 aliphatic heterocycles. The van der Waals surface area contributed by atoms with Gasteiger partial charge in [0.2, 0.25) is 0 Å². The molecule has 1 unspecified atom stereocenters. The summed E-state index contributed by atoms with van der Waals surface area (Å²) in [4.78, 5) is 49.9. The molecular weight excluding hydrogens is 416 g/mol. The lowest BCUT2D eigenvalue weighted by Gasteiger charge is -2.28. The summed E-state index contributed by atoms with van der Waals surface area (Å²) in [5, 5.41) is 11.2. The van der Waals surface area contributed by atoms with Crippen LogP contribution in [0, 0.1) is 13.8 Å². The molecule has 166 valence electrons. The van der Waals surface area contributed by atoms with Crippen LogP contribution in [0.4, 0.5) is 10.5 Å². The third-order valence-corrected chi connectivity index (χ3v) is 5.07. The summed E-state index contributed by atoms with van der Waals surface area (Å²) in [6, 6.07) is 8.90. The van der Waals surface area contributed by atoms with Crippen LogP contribution in [0.3, 0.4) is 0 Å². The van der Waals surface area contributed by atoms with Crippen molar-refractivity contribution in [3.8, 4) is 11.5 Å². The van der Waals surface area contributed by atoms with Gasteiger partial charge in [-0.25, -0.2) is 14.5 Å². The molecule has 0 saturated carbocycles. The number of urea groups is 1. The van der Waals surface area contributed by atoms with Gasteiger partial charge in [0.1, 0.15) is 5.57 Å². The first kappa shape index (κ1) is 22.5. The van der Waals surface area contributed by atoms with Gasteiger partial charge < -0.3 is 14.6 Å². The minimum atomic E-state index is -1.14. The third kappa shape index (κ3) is 4.31. The monoisotopic (exact) mass is 438 g/mol. The summed E-state index contributed by atoms with van der Waals surface area (Å²) in [5.41, 5.74) is 2.20. The van der Waals surface area contributed by atoms with E-state index in [1.807, 2.05) is 13.0 Å². The van der Waals surface area contributed by atoms with E-state index in [1.165, 1.54) is 32.2 Å². The Hall–Kier alpha value is -4.14. The number of benzene rings is 2. The number of amides is 4. The van der Waals surface area contributed by atoms with E-state index in [9.17, 15) is 19.2 Å². The van der Waals surface area contributed by atoms with Crippen molar-refractivity contribution >= 4 is 35.6 Å². The highest BCUT2D eigenvalue weighted by Gasteiger charge is 2.37. The Balaban J connectivity index is 1.99. The van der Waals surface area contributed by atoms with E-state index in [4.69, 9.17) is 14.6 Å². The molecule has 32 heavy (non-hydrogen) atoms. The minimum absolute atomic E-state index is 0.191. The molecule has 1 saturated heterocycles. The van der Waals surface area contributed by atoms with Crippen LogP contribution in [0.2, 0.25) is 0 Å². The normalized spacial score (nSPS) is 16.1. The van der Waals surface area contributed by atoms with E-state index in [-0.39, 0.29) is 17.1 Å². The molecular formula is C23H22N2O7. The Morgan fingerprint density at radius 3 is 2.50 bits per heavy atom. The molecule has 1 fully saturated rings. The predicted octanol–water partition coefficient (Wildman–Crippen LogP) is 2.83. The zero-order valence-corrected chi connectivity index (χ0v) is 18.0. The molecule has 1 aliphatic rings. The van der Waals surface area contributed by atoms with Gasteiger partial charge in [-0.1, -0.05) is 18.2 Å². The van der Waals surface area contributed by atoms with Crippen molar-refractivity contribution in [2.75, 3.05) is 12.0 Å².